The van der Waals surface area contributed by atoms with Crippen LogP contribution < -0.4 is 5.32 Å². The summed E-state index contributed by atoms with van der Waals surface area (Å²) >= 11 is 0. The Labute approximate surface area is 99.2 Å². The molecule has 0 aromatic carbocycles. The highest BCUT2D eigenvalue weighted by Gasteiger charge is 2.07. The summed E-state index contributed by atoms with van der Waals surface area (Å²) in [5, 5.41) is 2.74. The number of carbonyl (C=O) groups is 2. The van der Waals surface area contributed by atoms with Crippen LogP contribution in [0.25, 0.3) is 0 Å². The van der Waals surface area contributed by atoms with Crippen LogP contribution in [0.15, 0.2) is 0 Å². The van der Waals surface area contributed by atoms with Gasteiger partial charge >= 0.3 is 0 Å². The fraction of sp³-hybridized carbons (Fsp3) is 0.833. The Hall–Kier alpha value is -0.900. The largest absolute Gasteiger partial charge is 0.379 e. The number of ketones is 1. The van der Waals surface area contributed by atoms with E-state index in [9.17, 15) is 9.59 Å². The summed E-state index contributed by atoms with van der Waals surface area (Å²) in [6.45, 7) is 8.86. The SMILES string of the molecule is CC(C)C(=O)CCOCCNC(=O)C(C)C.[HH]. The van der Waals surface area contributed by atoms with Gasteiger partial charge in [-0.3, -0.25) is 9.59 Å². The molecule has 4 nitrogen and oxygen atoms in total. The van der Waals surface area contributed by atoms with E-state index in [4.69, 9.17) is 4.74 Å². The Morgan fingerprint density at radius 2 is 1.75 bits per heavy atom. The van der Waals surface area contributed by atoms with Gasteiger partial charge in [0.15, 0.2) is 0 Å². The molecule has 16 heavy (non-hydrogen) atoms. The number of hydrogen-bond acceptors (Lipinski definition) is 3. The maximum Gasteiger partial charge on any atom is 0.222 e. The Kier molecular flexibility index (Phi) is 7.81. The van der Waals surface area contributed by atoms with Gasteiger partial charge in [0.05, 0.1) is 13.2 Å². The van der Waals surface area contributed by atoms with Gasteiger partial charge in [-0.1, -0.05) is 27.7 Å². The van der Waals surface area contributed by atoms with Crippen LogP contribution in [0.3, 0.4) is 0 Å². The third-order valence-corrected chi connectivity index (χ3v) is 2.21. The van der Waals surface area contributed by atoms with E-state index in [0.717, 1.165) is 0 Å². The van der Waals surface area contributed by atoms with Gasteiger partial charge in [0, 0.05) is 26.2 Å². The molecule has 0 radical (unpaired) electrons. The Morgan fingerprint density at radius 1 is 1.12 bits per heavy atom. The molecule has 96 valence electrons. The van der Waals surface area contributed by atoms with Gasteiger partial charge in [-0.15, -0.1) is 0 Å². The average molecular weight is 231 g/mol. The monoisotopic (exact) mass is 231 g/mol. The zero-order valence-electron chi connectivity index (χ0n) is 10.7. The summed E-state index contributed by atoms with van der Waals surface area (Å²) in [7, 11) is 0. The lowest BCUT2D eigenvalue weighted by molar-refractivity contribution is -0.125. The molecule has 1 N–H and O–H groups in total. The molecule has 0 saturated carbocycles. The van der Waals surface area contributed by atoms with Crippen molar-refractivity contribution in [1.82, 2.24) is 5.32 Å². The van der Waals surface area contributed by atoms with Crippen LogP contribution in [0, 0.1) is 11.8 Å². The van der Waals surface area contributed by atoms with Crippen molar-refractivity contribution in [3.8, 4) is 0 Å². The molecule has 0 rings (SSSR count). The van der Waals surface area contributed by atoms with Gasteiger partial charge in [0.2, 0.25) is 5.91 Å². The molecule has 0 aromatic rings. The minimum absolute atomic E-state index is 0. The lowest BCUT2D eigenvalue weighted by atomic mass is 10.1. The molecule has 1 amide bonds. The maximum absolute atomic E-state index is 11.2. The zero-order valence-corrected chi connectivity index (χ0v) is 10.7. The summed E-state index contributed by atoms with van der Waals surface area (Å²) in [6.07, 6.45) is 0.454. The fourth-order valence-electron chi connectivity index (χ4n) is 1.01. The third kappa shape index (κ3) is 7.40. The van der Waals surface area contributed by atoms with E-state index in [1.54, 1.807) is 0 Å². The van der Waals surface area contributed by atoms with Gasteiger partial charge in [0.1, 0.15) is 5.78 Å². The minimum Gasteiger partial charge on any atom is -0.379 e. The number of ether oxygens (including phenoxy) is 1. The van der Waals surface area contributed by atoms with Crippen molar-refractivity contribution in [1.29, 1.82) is 0 Å². The van der Waals surface area contributed by atoms with Crippen molar-refractivity contribution in [2.75, 3.05) is 19.8 Å². The van der Waals surface area contributed by atoms with E-state index in [1.807, 2.05) is 27.7 Å². The second kappa shape index (κ2) is 8.28. The predicted octanol–water partition coefficient (Wildman–Crippen LogP) is 1.64. The van der Waals surface area contributed by atoms with Crippen LogP contribution >= 0.6 is 0 Å². The van der Waals surface area contributed by atoms with Crippen LogP contribution in [0.4, 0.5) is 0 Å². The van der Waals surface area contributed by atoms with Gasteiger partial charge in [-0.05, 0) is 0 Å². The molecule has 4 heteroatoms. The maximum atomic E-state index is 11.2. The quantitative estimate of drug-likeness (QED) is 0.646. The number of hydrogen-bond donors (Lipinski definition) is 1. The highest BCUT2D eigenvalue weighted by Crippen LogP contribution is 1.98. The summed E-state index contributed by atoms with van der Waals surface area (Å²) in [4.78, 5) is 22.4. The molecule has 0 aliphatic rings. The summed E-state index contributed by atoms with van der Waals surface area (Å²) in [6, 6.07) is 0. The lowest BCUT2D eigenvalue weighted by Gasteiger charge is -2.08. The van der Waals surface area contributed by atoms with Crippen molar-refractivity contribution >= 4 is 11.7 Å². The topological polar surface area (TPSA) is 55.4 Å². The molecule has 0 spiro atoms. The fourth-order valence-corrected chi connectivity index (χ4v) is 1.01. The van der Waals surface area contributed by atoms with Crippen molar-refractivity contribution in [2.24, 2.45) is 11.8 Å². The van der Waals surface area contributed by atoms with Crippen molar-refractivity contribution < 1.29 is 15.8 Å². The summed E-state index contributed by atoms with van der Waals surface area (Å²) < 4.78 is 5.25. The van der Waals surface area contributed by atoms with E-state index < -0.39 is 0 Å². The number of amides is 1. The standard InChI is InChI=1S/C12H23NO3.H2/c1-9(2)11(14)5-7-16-8-6-13-12(15)10(3)4;/h9-10H,5-8H2,1-4H3,(H,13,15);1H. The number of nitrogens with one attached hydrogen (secondary N) is 1. The van der Waals surface area contributed by atoms with E-state index in [2.05, 4.69) is 5.32 Å². The van der Waals surface area contributed by atoms with Crippen molar-refractivity contribution in [2.45, 2.75) is 34.1 Å². The van der Waals surface area contributed by atoms with Gasteiger partial charge in [-0.2, -0.15) is 0 Å². The van der Waals surface area contributed by atoms with E-state index in [-0.39, 0.29) is 25.0 Å². The Morgan fingerprint density at radius 3 is 2.25 bits per heavy atom. The Balaban J connectivity index is 0. The second-order valence-corrected chi connectivity index (χ2v) is 4.43. The van der Waals surface area contributed by atoms with E-state index >= 15 is 0 Å². The van der Waals surface area contributed by atoms with E-state index in [0.29, 0.717) is 26.2 Å². The molecule has 0 heterocycles. The van der Waals surface area contributed by atoms with Crippen molar-refractivity contribution in [3.63, 3.8) is 0 Å². The molecule has 0 aliphatic carbocycles. The molecule has 0 fully saturated rings. The highest BCUT2D eigenvalue weighted by molar-refractivity contribution is 5.80. The average Bonchev–Trinajstić information content (AvgIpc) is 2.21. The van der Waals surface area contributed by atoms with Crippen LogP contribution in [-0.2, 0) is 14.3 Å². The van der Waals surface area contributed by atoms with E-state index in [1.165, 1.54) is 0 Å². The normalized spacial score (nSPS) is 10.9. The highest BCUT2D eigenvalue weighted by atomic mass is 16.5. The summed E-state index contributed by atoms with van der Waals surface area (Å²) in [5.74, 6) is 0.319. The first-order chi connectivity index (χ1) is 7.45. The number of carbonyl (C=O) groups excluding carboxylic acids is 2. The molecule has 0 unspecified atom stereocenters. The Bertz CT molecular complexity index is 206. The molecular formula is C12H25NO3. The first-order valence-electron chi connectivity index (χ1n) is 5.83. The predicted molar refractivity (Wildman–Crippen MR) is 65.2 cm³/mol. The first-order valence-corrected chi connectivity index (χ1v) is 5.83. The van der Waals surface area contributed by atoms with Gasteiger partial charge < -0.3 is 10.1 Å². The molecule has 0 atom stereocenters. The van der Waals surface area contributed by atoms with Crippen molar-refractivity contribution in [3.05, 3.63) is 0 Å². The van der Waals surface area contributed by atoms with Crippen LogP contribution in [-0.4, -0.2) is 31.4 Å². The minimum atomic E-state index is 0. The molecule has 0 aliphatic heterocycles. The molecule has 0 saturated heterocycles. The van der Waals surface area contributed by atoms with Crippen LogP contribution in [0.2, 0.25) is 0 Å². The molecular weight excluding hydrogens is 206 g/mol. The smallest absolute Gasteiger partial charge is 0.222 e. The second-order valence-electron chi connectivity index (χ2n) is 4.43. The molecule has 0 aromatic heterocycles. The van der Waals surface area contributed by atoms with Gasteiger partial charge in [-0.25, -0.2) is 0 Å². The number of Topliss-reactive ketones (excluding diaryl/α,β-unsaturated/α-hetero) is 1. The number of rotatable bonds is 8. The lowest BCUT2D eigenvalue weighted by Crippen LogP contribution is -2.30. The third-order valence-electron chi connectivity index (χ3n) is 2.21. The first kappa shape index (κ1) is 15.1. The zero-order chi connectivity index (χ0) is 12.6. The molecule has 0 bridgehead atoms. The van der Waals surface area contributed by atoms with Gasteiger partial charge in [0.25, 0.3) is 0 Å². The van der Waals surface area contributed by atoms with Crippen LogP contribution in [0.5, 0.6) is 0 Å². The summed E-state index contributed by atoms with van der Waals surface area (Å²) in [5.41, 5.74) is 0. The van der Waals surface area contributed by atoms with Crippen LogP contribution in [0.1, 0.15) is 35.5 Å².